The molecule has 0 heterocycles. The number of benzene rings is 2. The standard InChI is InChI=1S/C17H23N3/c1-18(14-19(2)16-10-6-4-7-11-16)15-20(3)17-12-8-5-9-13-17/h4-13H,14-15H2,1-3H3. The summed E-state index contributed by atoms with van der Waals surface area (Å²) in [5.41, 5.74) is 2.48. The van der Waals surface area contributed by atoms with Gasteiger partial charge in [0.2, 0.25) is 0 Å². The molecule has 0 spiro atoms. The molecule has 3 nitrogen and oxygen atoms in total. The van der Waals surface area contributed by atoms with Crippen LogP contribution in [-0.2, 0) is 0 Å². The van der Waals surface area contributed by atoms with Crippen molar-refractivity contribution in [2.24, 2.45) is 0 Å². The molecule has 0 atom stereocenters. The molecule has 0 aliphatic carbocycles. The Bertz CT molecular complexity index is 451. The molecule has 0 amide bonds. The van der Waals surface area contributed by atoms with Crippen LogP contribution in [0.3, 0.4) is 0 Å². The Hall–Kier alpha value is -2.00. The first-order valence-electron chi connectivity index (χ1n) is 6.88. The highest BCUT2D eigenvalue weighted by atomic mass is 15.4. The average molecular weight is 269 g/mol. The van der Waals surface area contributed by atoms with Crippen LogP contribution in [0, 0.1) is 0 Å². The van der Waals surface area contributed by atoms with E-state index in [1.54, 1.807) is 0 Å². The molecule has 2 rings (SSSR count). The SMILES string of the molecule is CN(CN(C)c1ccccc1)CN(C)c1ccccc1. The average Bonchev–Trinajstić information content (AvgIpc) is 2.49. The van der Waals surface area contributed by atoms with E-state index >= 15 is 0 Å². The lowest BCUT2D eigenvalue weighted by Crippen LogP contribution is -2.39. The van der Waals surface area contributed by atoms with Gasteiger partial charge in [-0.3, -0.25) is 4.90 Å². The van der Waals surface area contributed by atoms with Gasteiger partial charge in [-0.05, 0) is 31.3 Å². The summed E-state index contributed by atoms with van der Waals surface area (Å²) < 4.78 is 0. The van der Waals surface area contributed by atoms with Gasteiger partial charge in [0.25, 0.3) is 0 Å². The highest BCUT2D eigenvalue weighted by Crippen LogP contribution is 2.13. The van der Waals surface area contributed by atoms with Crippen LogP contribution in [0.4, 0.5) is 11.4 Å². The second-order valence-electron chi connectivity index (χ2n) is 5.21. The second-order valence-corrected chi connectivity index (χ2v) is 5.21. The molecule has 20 heavy (non-hydrogen) atoms. The van der Waals surface area contributed by atoms with Crippen molar-refractivity contribution in [1.29, 1.82) is 0 Å². The Labute approximate surface area is 122 Å². The smallest absolute Gasteiger partial charge is 0.0715 e. The Morgan fingerprint density at radius 1 is 0.600 bits per heavy atom. The van der Waals surface area contributed by atoms with Gasteiger partial charge < -0.3 is 9.80 Å². The van der Waals surface area contributed by atoms with Crippen molar-refractivity contribution < 1.29 is 0 Å². The zero-order chi connectivity index (χ0) is 14.4. The van der Waals surface area contributed by atoms with Crippen LogP contribution >= 0.6 is 0 Å². The molecule has 0 fully saturated rings. The van der Waals surface area contributed by atoms with Crippen molar-refractivity contribution >= 4 is 11.4 Å². The Kier molecular flexibility index (Phi) is 5.02. The fourth-order valence-corrected chi connectivity index (χ4v) is 2.30. The minimum Gasteiger partial charge on any atom is -0.362 e. The lowest BCUT2D eigenvalue weighted by atomic mass is 10.3. The van der Waals surface area contributed by atoms with Gasteiger partial charge in [0, 0.05) is 25.5 Å². The van der Waals surface area contributed by atoms with E-state index in [-0.39, 0.29) is 0 Å². The normalized spacial score (nSPS) is 10.6. The molecule has 0 unspecified atom stereocenters. The van der Waals surface area contributed by atoms with E-state index in [4.69, 9.17) is 0 Å². The summed E-state index contributed by atoms with van der Waals surface area (Å²) in [4.78, 5) is 6.79. The first-order valence-corrected chi connectivity index (χ1v) is 6.88. The summed E-state index contributed by atoms with van der Waals surface area (Å²) in [6.07, 6.45) is 0. The van der Waals surface area contributed by atoms with Gasteiger partial charge in [0.1, 0.15) is 0 Å². The minimum absolute atomic E-state index is 0.890. The molecule has 0 aliphatic heterocycles. The third-order valence-corrected chi connectivity index (χ3v) is 3.30. The fourth-order valence-electron chi connectivity index (χ4n) is 2.30. The van der Waals surface area contributed by atoms with Gasteiger partial charge in [0.05, 0.1) is 13.3 Å². The Morgan fingerprint density at radius 2 is 0.950 bits per heavy atom. The first-order chi connectivity index (χ1) is 9.66. The van der Waals surface area contributed by atoms with Crippen LogP contribution in [0.15, 0.2) is 60.7 Å². The van der Waals surface area contributed by atoms with Crippen LogP contribution in [0.25, 0.3) is 0 Å². The maximum atomic E-state index is 2.29. The van der Waals surface area contributed by atoms with Gasteiger partial charge in [-0.15, -0.1) is 0 Å². The molecular formula is C17H23N3. The summed E-state index contributed by atoms with van der Waals surface area (Å²) >= 11 is 0. The number of hydrogen-bond acceptors (Lipinski definition) is 3. The lowest BCUT2D eigenvalue weighted by Gasteiger charge is -2.30. The first kappa shape index (κ1) is 14.4. The summed E-state index contributed by atoms with van der Waals surface area (Å²) in [5.74, 6) is 0. The Balaban J connectivity index is 1.88. The van der Waals surface area contributed by atoms with Crippen molar-refractivity contribution in [2.75, 3.05) is 44.3 Å². The van der Waals surface area contributed by atoms with Gasteiger partial charge in [-0.2, -0.15) is 0 Å². The number of rotatable bonds is 6. The van der Waals surface area contributed by atoms with Gasteiger partial charge in [-0.1, -0.05) is 36.4 Å². The maximum Gasteiger partial charge on any atom is 0.0715 e. The molecule has 0 aromatic heterocycles. The predicted octanol–water partition coefficient (Wildman–Crippen LogP) is 3.11. The monoisotopic (exact) mass is 269 g/mol. The number of nitrogens with zero attached hydrogens (tertiary/aromatic N) is 3. The molecule has 0 aliphatic rings. The molecule has 0 radical (unpaired) electrons. The topological polar surface area (TPSA) is 9.72 Å². The van der Waals surface area contributed by atoms with Gasteiger partial charge in [-0.25, -0.2) is 0 Å². The number of anilines is 2. The molecule has 0 saturated carbocycles. The lowest BCUT2D eigenvalue weighted by molar-refractivity contribution is 0.341. The van der Waals surface area contributed by atoms with Gasteiger partial charge in [0.15, 0.2) is 0 Å². The second kappa shape index (κ2) is 6.96. The van der Waals surface area contributed by atoms with E-state index < -0.39 is 0 Å². The van der Waals surface area contributed by atoms with E-state index in [0.29, 0.717) is 0 Å². The molecule has 0 saturated heterocycles. The number of para-hydroxylation sites is 2. The van der Waals surface area contributed by atoms with Crippen LogP contribution < -0.4 is 9.80 Å². The predicted molar refractivity (Wildman–Crippen MR) is 87.2 cm³/mol. The molecular weight excluding hydrogens is 246 g/mol. The molecule has 2 aromatic rings. The zero-order valence-electron chi connectivity index (χ0n) is 12.5. The Morgan fingerprint density at radius 3 is 1.30 bits per heavy atom. The van der Waals surface area contributed by atoms with Crippen LogP contribution in [0.2, 0.25) is 0 Å². The van der Waals surface area contributed by atoms with E-state index in [1.165, 1.54) is 11.4 Å². The van der Waals surface area contributed by atoms with E-state index in [0.717, 1.165) is 13.3 Å². The highest BCUT2D eigenvalue weighted by molar-refractivity contribution is 5.46. The third-order valence-electron chi connectivity index (χ3n) is 3.30. The van der Waals surface area contributed by atoms with E-state index in [1.807, 2.05) is 12.1 Å². The van der Waals surface area contributed by atoms with Crippen molar-refractivity contribution in [2.45, 2.75) is 0 Å². The van der Waals surface area contributed by atoms with Gasteiger partial charge >= 0.3 is 0 Å². The van der Waals surface area contributed by atoms with E-state index in [2.05, 4.69) is 84.4 Å². The van der Waals surface area contributed by atoms with Crippen molar-refractivity contribution in [3.05, 3.63) is 60.7 Å². The molecule has 0 bridgehead atoms. The quantitative estimate of drug-likeness (QED) is 0.746. The van der Waals surface area contributed by atoms with Crippen LogP contribution in [0.5, 0.6) is 0 Å². The van der Waals surface area contributed by atoms with Crippen molar-refractivity contribution in [1.82, 2.24) is 4.90 Å². The molecule has 2 aromatic carbocycles. The van der Waals surface area contributed by atoms with Crippen molar-refractivity contribution in [3.8, 4) is 0 Å². The summed E-state index contributed by atoms with van der Waals surface area (Å²) in [6, 6.07) is 20.9. The number of hydrogen-bond donors (Lipinski definition) is 0. The molecule has 0 N–H and O–H groups in total. The molecule has 3 heteroatoms. The minimum atomic E-state index is 0.890. The van der Waals surface area contributed by atoms with E-state index in [9.17, 15) is 0 Å². The largest absolute Gasteiger partial charge is 0.362 e. The zero-order valence-corrected chi connectivity index (χ0v) is 12.5. The third kappa shape index (κ3) is 4.00. The highest BCUT2D eigenvalue weighted by Gasteiger charge is 2.07. The summed E-state index contributed by atoms with van der Waals surface area (Å²) in [5, 5.41) is 0. The summed E-state index contributed by atoms with van der Waals surface area (Å²) in [7, 11) is 6.38. The van der Waals surface area contributed by atoms with Crippen LogP contribution in [0.1, 0.15) is 0 Å². The summed E-state index contributed by atoms with van der Waals surface area (Å²) in [6.45, 7) is 1.78. The molecule has 106 valence electrons. The maximum absolute atomic E-state index is 2.29. The van der Waals surface area contributed by atoms with Crippen LogP contribution in [-0.4, -0.2) is 39.4 Å². The fraction of sp³-hybridized carbons (Fsp3) is 0.294. The van der Waals surface area contributed by atoms with Crippen molar-refractivity contribution in [3.63, 3.8) is 0 Å².